The molecule has 0 saturated heterocycles. The van der Waals surface area contributed by atoms with E-state index in [1.807, 2.05) is 0 Å². The normalized spacial score (nSPS) is 16.2. The summed E-state index contributed by atoms with van der Waals surface area (Å²) in [4.78, 5) is 10.7. The Morgan fingerprint density at radius 2 is 1.93 bits per heavy atom. The molecular formula is C8H18N2O3S. The van der Waals surface area contributed by atoms with Gasteiger partial charge in [-0.3, -0.25) is 4.79 Å². The average molecular weight is 222 g/mol. The van der Waals surface area contributed by atoms with Crippen LogP contribution in [0.4, 0.5) is 0 Å². The van der Waals surface area contributed by atoms with E-state index in [0.717, 1.165) is 0 Å². The summed E-state index contributed by atoms with van der Waals surface area (Å²) in [6.45, 7) is 3.86. The molecule has 0 fully saturated rings. The molecule has 0 aliphatic heterocycles. The number of amides is 1. The summed E-state index contributed by atoms with van der Waals surface area (Å²) in [5.74, 6) is -0.598. The fraction of sp³-hybridized carbons (Fsp3) is 0.875. The molecule has 2 atom stereocenters. The van der Waals surface area contributed by atoms with Crippen molar-refractivity contribution in [1.82, 2.24) is 5.32 Å². The molecule has 0 aromatic rings. The second kappa shape index (κ2) is 5.31. The van der Waals surface area contributed by atoms with Crippen molar-refractivity contribution in [2.24, 2.45) is 11.7 Å². The maximum Gasteiger partial charge on any atom is 0.221 e. The summed E-state index contributed by atoms with van der Waals surface area (Å²) in [6.07, 6.45) is 1.18. The molecule has 2 unspecified atom stereocenters. The molecule has 3 N–H and O–H groups in total. The van der Waals surface area contributed by atoms with E-state index in [0.29, 0.717) is 6.54 Å². The van der Waals surface area contributed by atoms with Gasteiger partial charge >= 0.3 is 0 Å². The first-order valence-corrected chi connectivity index (χ1v) is 6.49. The lowest BCUT2D eigenvalue weighted by molar-refractivity contribution is -0.121. The quantitative estimate of drug-likeness (QED) is 0.611. The molecule has 6 heteroatoms. The molecule has 0 spiro atoms. The zero-order valence-electron chi connectivity index (χ0n) is 8.78. The second-order valence-electron chi connectivity index (χ2n) is 3.71. The van der Waals surface area contributed by atoms with Crippen LogP contribution in [0.15, 0.2) is 0 Å². The van der Waals surface area contributed by atoms with E-state index in [-0.39, 0.29) is 23.6 Å². The van der Waals surface area contributed by atoms with Crippen LogP contribution in [0.2, 0.25) is 0 Å². The lowest BCUT2D eigenvalue weighted by atomic mass is 10.1. The first-order chi connectivity index (χ1) is 6.22. The first kappa shape index (κ1) is 13.4. The maximum absolute atomic E-state index is 10.9. The minimum atomic E-state index is -2.97. The summed E-state index contributed by atoms with van der Waals surface area (Å²) in [7, 11) is -2.97. The van der Waals surface area contributed by atoms with Crippen LogP contribution in [-0.2, 0) is 14.6 Å². The SMILES string of the molecule is CC(CS(C)(=O)=O)NCC(C)C(N)=O. The highest BCUT2D eigenvalue weighted by atomic mass is 32.2. The van der Waals surface area contributed by atoms with Crippen molar-refractivity contribution in [3.63, 3.8) is 0 Å². The maximum atomic E-state index is 10.9. The van der Waals surface area contributed by atoms with E-state index in [1.54, 1.807) is 13.8 Å². The molecule has 0 radical (unpaired) electrons. The van der Waals surface area contributed by atoms with Crippen molar-refractivity contribution in [3.8, 4) is 0 Å². The standard InChI is InChI=1S/C8H18N2O3S/c1-6(8(9)11)4-10-7(2)5-14(3,12)13/h6-7,10H,4-5H2,1-3H3,(H2,9,11). The molecule has 0 aliphatic rings. The molecule has 0 heterocycles. The molecule has 84 valence electrons. The zero-order chi connectivity index (χ0) is 11.4. The van der Waals surface area contributed by atoms with E-state index in [1.165, 1.54) is 6.26 Å². The Hall–Kier alpha value is -0.620. The molecule has 0 aliphatic carbocycles. The summed E-state index contributed by atoms with van der Waals surface area (Å²) >= 11 is 0. The molecule has 0 rings (SSSR count). The first-order valence-electron chi connectivity index (χ1n) is 4.43. The molecule has 5 nitrogen and oxygen atoms in total. The third-order valence-electron chi connectivity index (χ3n) is 1.81. The number of nitrogens with two attached hydrogens (primary N) is 1. The van der Waals surface area contributed by atoms with Gasteiger partial charge in [-0.05, 0) is 6.92 Å². The van der Waals surface area contributed by atoms with Gasteiger partial charge in [0.15, 0.2) is 0 Å². The Bertz CT molecular complexity index is 287. The molecule has 0 aromatic carbocycles. The zero-order valence-corrected chi connectivity index (χ0v) is 9.60. The molecule has 0 bridgehead atoms. The average Bonchev–Trinajstić information content (AvgIpc) is 1.96. The Balaban J connectivity index is 3.86. The molecule has 1 amide bonds. The van der Waals surface area contributed by atoms with Gasteiger partial charge in [-0.1, -0.05) is 6.92 Å². The summed E-state index contributed by atoms with van der Waals surface area (Å²) in [6, 6.07) is -0.160. The van der Waals surface area contributed by atoms with Gasteiger partial charge in [-0.2, -0.15) is 0 Å². The Morgan fingerprint density at radius 1 is 1.43 bits per heavy atom. The van der Waals surface area contributed by atoms with Crippen molar-refractivity contribution >= 4 is 15.7 Å². The summed E-state index contributed by atoms with van der Waals surface area (Å²) in [5.41, 5.74) is 5.05. The van der Waals surface area contributed by atoms with Gasteiger partial charge in [-0.15, -0.1) is 0 Å². The van der Waals surface area contributed by atoms with Crippen molar-refractivity contribution < 1.29 is 13.2 Å². The Labute approximate surface area is 85.0 Å². The lowest BCUT2D eigenvalue weighted by Gasteiger charge is -2.14. The van der Waals surface area contributed by atoms with Crippen molar-refractivity contribution in [2.45, 2.75) is 19.9 Å². The number of carbonyl (C=O) groups is 1. The van der Waals surface area contributed by atoms with Gasteiger partial charge in [-0.25, -0.2) is 8.42 Å². The van der Waals surface area contributed by atoms with Crippen LogP contribution in [0, 0.1) is 5.92 Å². The number of hydrogen-bond acceptors (Lipinski definition) is 4. The van der Waals surface area contributed by atoms with Crippen molar-refractivity contribution in [2.75, 3.05) is 18.6 Å². The van der Waals surface area contributed by atoms with Gasteiger partial charge in [0, 0.05) is 24.8 Å². The minimum absolute atomic E-state index is 0.0679. The molecule has 14 heavy (non-hydrogen) atoms. The summed E-state index contributed by atoms with van der Waals surface area (Å²) in [5, 5.41) is 2.94. The van der Waals surface area contributed by atoms with Gasteiger partial charge in [0.1, 0.15) is 9.84 Å². The van der Waals surface area contributed by atoms with E-state index >= 15 is 0 Å². The monoisotopic (exact) mass is 222 g/mol. The summed E-state index contributed by atoms with van der Waals surface area (Å²) < 4.78 is 21.8. The van der Waals surface area contributed by atoms with E-state index in [9.17, 15) is 13.2 Å². The van der Waals surface area contributed by atoms with Crippen LogP contribution in [0.5, 0.6) is 0 Å². The van der Waals surface area contributed by atoms with Crippen LogP contribution in [0.25, 0.3) is 0 Å². The lowest BCUT2D eigenvalue weighted by Crippen LogP contribution is -2.38. The van der Waals surface area contributed by atoms with Gasteiger partial charge in [0.25, 0.3) is 0 Å². The number of primary amides is 1. The van der Waals surface area contributed by atoms with Crippen LogP contribution >= 0.6 is 0 Å². The predicted octanol–water partition coefficient (Wildman–Crippen LogP) is -0.869. The molecule has 0 saturated carbocycles. The smallest absolute Gasteiger partial charge is 0.221 e. The van der Waals surface area contributed by atoms with Crippen molar-refractivity contribution in [1.29, 1.82) is 0 Å². The number of rotatable bonds is 6. The third kappa shape index (κ3) is 6.85. The highest BCUT2D eigenvalue weighted by Gasteiger charge is 2.13. The minimum Gasteiger partial charge on any atom is -0.369 e. The fourth-order valence-corrected chi connectivity index (χ4v) is 2.02. The van der Waals surface area contributed by atoms with Crippen LogP contribution < -0.4 is 11.1 Å². The van der Waals surface area contributed by atoms with Gasteiger partial charge in [0.05, 0.1) is 5.75 Å². The second-order valence-corrected chi connectivity index (χ2v) is 5.89. The topological polar surface area (TPSA) is 89.3 Å². The highest BCUT2D eigenvalue weighted by molar-refractivity contribution is 7.90. The number of carbonyl (C=O) groups excluding carboxylic acids is 1. The van der Waals surface area contributed by atoms with Gasteiger partial charge < -0.3 is 11.1 Å². The largest absolute Gasteiger partial charge is 0.369 e. The Morgan fingerprint density at radius 3 is 2.29 bits per heavy atom. The van der Waals surface area contributed by atoms with E-state index in [2.05, 4.69) is 5.32 Å². The van der Waals surface area contributed by atoms with Crippen LogP contribution in [0.3, 0.4) is 0 Å². The van der Waals surface area contributed by atoms with Crippen molar-refractivity contribution in [3.05, 3.63) is 0 Å². The molecular weight excluding hydrogens is 204 g/mol. The van der Waals surface area contributed by atoms with Gasteiger partial charge in [0.2, 0.25) is 5.91 Å². The third-order valence-corrected chi connectivity index (χ3v) is 2.92. The number of hydrogen-bond donors (Lipinski definition) is 2. The van der Waals surface area contributed by atoms with E-state index in [4.69, 9.17) is 5.73 Å². The fourth-order valence-electron chi connectivity index (χ4n) is 0.992. The Kier molecular flexibility index (Phi) is 5.07. The van der Waals surface area contributed by atoms with E-state index < -0.39 is 9.84 Å². The van der Waals surface area contributed by atoms with Crippen LogP contribution in [0.1, 0.15) is 13.8 Å². The number of sulfone groups is 1. The predicted molar refractivity (Wildman–Crippen MR) is 55.5 cm³/mol. The number of nitrogens with one attached hydrogen (secondary N) is 1. The molecule has 0 aromatic heterocycles. The highest BCUT2D eigenvalue weighted by Crippen LogP contribution is 1.94. The van der Waals surface area contributed by atoms with Crippen LogP contribution in [-0.4, -0.2) is 38.9 Å².